The van der Waals surface area contributed by atoms with Crippen molar-refractivity contribution in [3.8, 4) is 0 Å². The van der Waals surface area contributed by atoms with E-state index >= 15 is 0 Å². The first-order chi connectivity index (χ1) is 16.7. The van der Waals surface area contributed by atoms with Gasteiger partial charge in [-0.15, -0.1) is 0 Å². The van der Waals surface area contributed by atoms with E-state index in [4.69, 9.17) is 34.8 Å². The minimum Gasteiger partial charge on any atom is -0.350 e. The van der Waals surface area contributed by atoms with Crippen molar-refractivity contribution in [3.05, 3.63) is 98.4 Å². The van der Waals surface area contributed by atoms with E-state index in [1.807, 2.05) is 0 Å². The van der Waals surface area contributed by atoms with Crippen molar-refractivity contribution < 1.29 is 18.8 Å². The molecule has 1 aliphatic rings. The monoisotopic (exact) mass is 531 g/mol. The standard InChI is InChI=1S/C25H17Cl3FN3O3/c1-13-17(26)3-2-4-20(13)32-24(34)22(28)23(25(32)35)31-15-7-5-14(6-8-15)11-21(33)30-16-9-10-19(29)18(27)12-16/h2-10,12,31H,11H2,1H3,(H,30,33). The van der Waals surface area contributed by atoms with Gasteiger partial charge in [0.15, 0.2) is 0 Å². The highest BCUT2D eigenvalue weighted by Crippen LogP contribution is 2.34. The Bertz CT molecular complexity index is 1390. The van der Waals surface area contributed by atoms with Crippen LogP contribution in [0.5, 0.6) is 0 Å². The molecule has 0 fully saturated rings. The molecule has 0 saturated heterocycles. The number of anilines is 3. The van der Waals surface area contributed by atoms with Gasteiger partial charge < -0.3 is 10.6 Å². The fraction of sp³-hybridized carbons (Fsp3) is 0.0800. The van der Waals surface area contributed by atoms with E-state index in [0.717, 1.165) is 4.90 Å². The van der Waals surface area contributed by atoms with Crippen molar-refractivity contribution in [2.75, 3.05) is 15.5 Å². The first kappa shape index (κ1) is 24.7. The number of hydrogen-bond acceptors (Lipinski definition) is 4. The lowest BCUT2D eigenvalue weighted by Crippen LogP contribution is -2.32. The third-order valence-electron chi connectivity index (χ3n) is 5.30. The summed E-state index contributed by atoms with van der Waals surface area (Å²) in [6.07, 6.45) is 0.0535. The Morgan fingerprint density at radius 1 is 0.914 bits per heavy atom. The van der Waals surface area contributed by atoms with Crippen LogP contribution in [0, 0.1) is 12.7 Å². The molecule has 0 unspecified atom stereocenters. The highest BCUT2D eigenvalue weighted by atomic mass is 35.5. The molecule has 0 aliphatic carbocycles. The molecule has 3 aromatic carbocycles. The zero-order valence-electron chi connectivity index (χ0n) is 18.2. The second kappa shape index (κ2) is 10.1. The summed E-state index contributed by atoms with van der Waals surface area (Å²) in [6, 6.07) is 15.5. The molecule has 1 heterocycles. The number of nitrogens with zero attached hydrogens (tertiary/aromatic N) is 1. The van der Waals surface area contributed by atoms with E-state index in [2.05, 4.69) is 10.6 Å². The van der Waals surface area contributed by atoms with Crippen molar-refractivity contribution in [2.45, 2.75) is 13.3 Å². The summed E-state index contributed by atoms with van der Waals surface area (Å²) in [7, 11) is 0. The number of imide groups is 1. The van der Waals surface area contributed by atoms with Crippen LogP contribution in [0.3, 0.4) is 0 Å². The van der Waals surface area contributed by atoms with Crippen LogP contribution in [0.25, 0.3) is 0 Å². The van der Waals surface area contributed by atoms with Gasteiger partial charge in [0.25, 0.3) is 11.8 Å². The molecule has 0 aromatic heterocycles. The van der Waals surface area contributed by atoms with Gasteiger partial charge in [-0.05, 0) is 60.5 Å². The van der Waals surface area contributed by atoms with Crippen LogP contribution in [-0.4, -0.2) is 17.7 Å². The third-order valence-corrected chi connectivity index (χ3v) is 6.35. The number of nitrogens with one attached hydrogen (secondary N) is 2. The van der Waals surface area contributed by atoms with Crippen molar-refractivity contribution in [3.63, 3.8) is 0 Å². The van der Waals surface area contributed by atoms with E-state index in [-0.39, 0.29) is 28.1 Å². The largest absolute Gasteiger partial charge is 0.350 e. The molecule has 35 heavy (non-hydrogen) atoms. The topological polar surface area (TPSA) is 78.5 Å². The van der Waals surface area contributed by atoms with Crippen LogP contribution in [0.15, 0.2) is 71.4 Å². The summed E-state index contributed by atoms with van der Waals surface area (Å²) >= 11 is 18.1. The second-order valence-electron chi connectivity index (χ2n) is 7.69. The molecule has 1 aliphatic heterocycles. The van der Waals surface area contributed by atoms with Crippen LogP contribution in [0.4, 0.5) is 21.5 Å². The lowest BCUT2D eigenvalue weighted by molar-refractivity contribution is -0.120. The molecule has 0 saturated carbocycles. The summed E-state index contributed by atoms with van der Waals surface area (Å²) in [4.78, 5) is 39.0. The molecule has 178 valence electrons. The fourth-order valence-electron chi connectivity index (χ4n) is 3.48. The van der Waals surface area contributed by atoms with E-state index in [0.29, 0.717) is 33.2 Å². The minimum absolute atomic E-state index is 0.0535. The molecular weight excluding hydrogens is 516 g/mol. The van der Waals surface area contributed by atoms with Gasteiger partial charge in [-0.2, -0.15) is 0 Å². The predicted molar refractivity (Wildman–Crippen MR) is 135 cm³/mol. The lowest BCUT2D eigenvalue weighted by Gasteiger charge is -2.18. The van der Waals surface area contributed by atoms with Crippen LogP contribution >= 0.6 is 34.8 Å². The van der Waals surface area contributed by atoms with Gasteiger partial charge in [-0.3, -0.25) is 14.4 Å². The van der Waals surface area contributed by atoms with E-state index < -0.39 is 17.6 Å². The summed E-state index contributed by atoms with van der Waals surface area (Å²) in [5.41, 5.74) is 2.43. The summed E-state index contributed by atoms with van der Waals surface area (Å²) in [6.45, 7) is 1.71. The Balaban J connectivity index is 1.44. The zero-order valence-corrected chi connectivity index (χ0v) is 20.4. The Hall–Kier alpha value is -3.39. The molecule has 4 rings (SSSR count). The molecule has 0 radical (unpaired) electrons. The van der Waals surface area contributed by atoms with Crippen molar-refractivity contribution >= 4 is 69.6 Å². The van der Waals surface area contributed by atoms with Crippen LogP contribution < -0.4 is 15.5 Å². The molecule has 3 amide bonds. The molecule has 3 aromatic rings. The first-order valence-corrected chi connectivity index (χ1v) is 11.4. The molecule has 0 spiro atoms. The number of rotatable bonds is 6. The summed E-state index contributed by atoms with van der Waals surface area (Å²) in [5, 5.41) is 5.63. The van der Waals surface area contributed by atoms with Crippen LogP contribution in [-0.2, 0) is 20.8 Å². The van der Waals surface area contributed by atoms with Gasteiger partial charge in [0.05, 0.1) is 17.1 Å². The van der Waals surface area contributed by atoms with Crippen LogP contribution in [0.2, 0.25) is 10.0 Å². The Morgan fingerprint density at radius 2 is 1.60 bits per heavy atom. The van der Waals surface area contributed by atoms with E-state index in [9.17, 15) is 18.8 Å². The molecule has 0 atom stereocenters. The Labute approximate surface area is 215 Å². The molecule has 2 N–H and O–H groups in total. The Morgan fingerprint density at radius 3 is 2.29 bits per heavy atom. The average Bonchev–Trinajstić information content (AvgIpc) is 3.02. The highest BCUT2D eigenvalue weighted by molar-refractivity contribution is 6.53. The Kier molecular flexibility index (Phi) is 7.12. The van der Waals surface area contributed by atoms with Crippen molar-refractivity contribution in [1.82, 2.24) is 0 Å². The third kappa shape index (κ3) is 5.17. The average molecular weight is 533 g/mol. The van der Waals surface area contributed by atoms with E-state index in [1.54, 1.807) is 49.4 Å². The minimum atomic E-state index is -0.654. The molecular formula is C25H17Cl3FN3O3. The number of carbonyl (C=O) groups excluding carboxylic acids is 3. The van der Waals surface area contributed by atoms with Crippen LogP contribution in [0.1, 0.15) is 11.1 Å². The lowest BCUT2D eigenvalue weighted by atomic mass is 10.1. The molecule has 10 heteroatoms. The highest BCUT2D eigenvalue weighted by Gasteiger charge is 2.39. The van der Waals surface area contributed by atoms with E-state index in [1.165, 1.54) is 18.2 Å². The number of benzene rings is 3. The number of carbonyl (C=O) groups is 3. The number of amides is 3. The van der Waals surface area contributed by atoms with Gasteiger partial charge in [0.2, 0.25) is 5.91 Å². The maximum absolute atomic E-state index is 13.3. The maximum Gasteiger partial charge on any atom is 0.283 e. The molecule has 0 bridgehead atoms. The smallest absolute Gasteiger partial charge is 0.283 e. The zero-order chi connectivity index (χ0) is 25.3. The van der Waals surface area contributed by atoms with Gasteiger partial charge in [-0.1, -0.05) is 53.0 Å². The summed E-state index contributed by atoms with van der Waals surface area (Å²) in [5.74, 6) is -2.15. The quantitative estimate of drug-likeness (QED) is 0.379. The van der Waals surface area contributed by atoms with Gasteiger partial charge in [0, 0.05) is 16.4 Å². The van der Waals surface area contributed by atoms with Crippen molar-refractivity contribution in [2.24, 2.45) is 0 Å². The predicted octanol–water partition coefficient (Wildman–Crippen LogP) is 6.06. The van der Waals surface area contributed by atoms with Gasteiger partial charge in [-0.25, -0.2) is 9.29 Å². The second-order valence-corrected chi connectivity index (χ2v) is 8.89. The normalized spacial score (nSPS) is 13.5. The van der Waals surface area contributed by atoms with Gasteiger partial charge in [0.1, 0.15) is 16.5 Å². The number of halogens is 4. The fourth-order valence-corrected chi connectivity index (χ4v) is 4.05. The first-order valence-electron chi connectivity index (χ1n) is 10.3. The van der Waals surface area contributed by atoms with Crippen molar-refractivity contribution in [1.29, 1.82) is 0 Å². The molecule has 6 nitrogen and oxygen atoms in total. The maximum atomic E-state index is 13.3. The summed E-state index contributed by atoms with van der Waals surface area (Å²) < 4.78 is 13.3. The van der Waals surface area contributed by atoms with Gasteiger partial charge >= 0.3 is 0 Å². The SMILES string of the molecule is Cc1c(Cl)cccc1N1C(=O)C(Cl)=C(Nc2ccc(CC(=O)Nc3ccc(F)c(Cl)c3)cc2)C1=O. The number of hydrogen-bond donors (Lipinski definition) is 2.